The van der Waals surface area contributed by atoms with E-state index in [1.165, 1.54) is 4.31 Å². The Labute approximate surface area is 102 Å². The molecule has 0 amide bonds. The van der Waals surface area contributed by atoms with Crippen LogP contribution in [0.3, 0.4) is 0 Å². The molecule has 0 radical (unpaired) electrons. The summed E-state index contributed by atoms with van der Waals surface area (Å²) in [5, 5.41) is 9.32. The van der Waals surface area contributed by atoms with Gasteiger partial charge >= 0.3 is 5.97 Å². The first-order valence-corrected chi connectivity index (χ1v) is 7.68. The molecule has 98 valence electrons. The van der Waals surface area contributed by atoms with Gasteiger partial charge in [-0.2, -0.15) is 0 Å². The second kappa shape index (κ2) is 4.57. The van der Waals surface area contributed by atoms with Crippen molar-refractivity contribution in [3.05, 3.63) is 0 Å². The van der Waals surface area contributed by atoms with Gasteiger partial charge in [-0.3, -0.25) is 4.79 Å². The van der Waals surface area contributed by atoms with Crippen molar-refractivity contribution in [3.63, 3.8) is 0 Å². The molecule has 0 aromatic heterocycles. The van der Waals surface area contributed by atoms with Crippen LogP contribution in [0.15, 0.2) is 0 Å². The summed E-state index contributed by atoms with van der Waals surface area (Å²) in [5.74, 6) is -1.17. The van der Waals surface area contributed by atoms with Gasteiger partial charge in [0.05, 0.1) is 0 Å². The third-order valence-corrected chi connectivity index (χ3v) is 6.57. The van der Waals surface area contributed by atoms with Gasteiger partial charge in [-0.05, 0) is 25.7 Å². The highest BCUT2D eigenvalue weighted by Crippen LogP contribution is 2.39. The van der Waals surface area contributed by atoms with Crippen LogP contribution in [0, 0.1) is 0 Å². The van der Waals surface area contributed by atoms with E-state index in [0.717, 1.165) is 19.3 Å². The first-order valence-electron chi connectivity index (χ1n) is 6.24. The molecular weight excluding hydrogens is 242 g/mol. The third-order valence-electron chi connectivity index (χ3n) is 3.95. The van der Waals surface area contributed by atoms with Crippen molar-refractivity contribution < 1.29 is 18.3 Å². The monoisotopic (exact) mass is 261 g/mol. The van der Waals surface area contributed by atoms with Crippen molar-refractivity contribution in [3.8, 4) is 0 Å². The van der Waals surface area contributed by atoms with Gasteiger partial charge in [-0.15, -0.1) is 0 Å². The SMILES string of the molecule is O=C(O)C1(S(=O)(=O)N2CCCCC2)CCCC1. The predicted molar refractivity (Wildman–Crippen MR) is 63.2 cm³/mol. The molecule has 1 aliphatic heterocycles. The van der Waals surface area contributed by atoms with E-state index in [9.17, 15) is 18.3 Å². The fourth-order valence-corrected chi connectivity index (χ4v) is 5.14. The van der Waals surface area contributed by atoms with Gasteiger partial charge in [0.25, 0.3) is 0 Å². The van der Waals surface area contributed by atoms with Crippen LogP contribution in [-0.2, 0) is 14.8 Å². The number of rotatable bonds is 3. The normalized spacial score (nSPS) is 25.9. The summed E-state index contributed by atoms with van der Waals surface area (Å²) in [4.78, 5) is 11.4. The molecular formula is C11H19NO4S. The first-order chi connectivity index (χ1) is 8.01. The number of carboxylic acids is 1. The Morgan fingerprint density at radius 1 is 1.00 bits per heavy atom. The van der Waals surface area contributed by atoms with Crippen molar-refractivity contribution in [2.24, 2.45) is 0 Å². The van der Waals surface area contributed by atoms with Crippen LogP contribution >= 0.6 is 0 Å². The van der Waals surface area contributed by atoms with Crippen molar-refractivity contribution >= 4 is 16.0 Å². The summed E-state index contributed by atoms with van der Waals surface area (Å²) in [5.41, 5.74) is 0. The molecule has 0 bridgehead atoms. The van der Waals surface area contributed by atoms with Gasteiger partial charge in [0.2, 0.25) is 10.0 Å². The highest BCUT2D eigenvalue weighted by molar-refractivity contribution is 7.91. The second-order valence-corrected chi connectivity index (χ2v) is 7.22. The molecule has 1 saturated heterocycles. The maximum atomic E-state index is 12.5. The molecule has 0 atom stereocenters. The number of aliphatic carboxylic acids is 1. The van der Waals surface area contributed by atoms with Crippen LogP contribution in [0.5, 0.6) is 0 Å². The second-order valence-electron chi connectivity index (χ2n) is 4.97. The van der Waals surface area contributed by atoms with Crippen LogP contribution in [0.25, 0.3) is 0 Å². The van der Waals surface area contributed by atoms with E-state index < -0.39 is 20.7 Å². The molecule has 2 aliphatic rings. The summed E-state index contributed by atoms with van der Waals surface area (Å²) < 4.78 is 24.9. The van der Waals surface area contributed by atoms with Crippen molar-refractivity contribution in [2.75, 3.05) is 13.1 Å². The number of hydrogen-bond donors (Lipinski definition) is 1. The molecule has 5 nitrogen and oxygen atoms in total. The fourth-order valence-electron chi connectivity index (χ4n) is 2.88. The van der Waals surface area contributed by atoms with Crippen LogP contribution in [0.2, 0.25) is 0 Å². The first kappa shape index (κ1) is 12.8. The average Bonchev–Trinajstić information content (AvgIpc) is 2.81. The summed E-state index contributed by atoms with van der Waals surface area (Å²) in [6.45, 7) is 0.967. The van der Waals surface area contributed by atoms with E-state index in [1.54, 1.807) is 0 Å². The van der Waals surface area contributed by atoms with Crippen LogP contribution in [0.1, 0.15) is 44.9 Å². The minimum absolute atomic E-state index is 0.265. The zero-order chi connectivity index (χ0) is 12.5. The lowest BCUT2D eigenvalue weighted by molar-refractivity contribution is -0.140. The topological polar surface area (TPSA) is 74.7 Å². The fraction of sp³-hybridized carbons (Fsp3) is 0.909. The minimum Gasteiger partial charge on any atom is -0.480 e. The lowest BCUT2D eigenvalue weighted by Crippen LogP contribution is -2.53. The van der Waals surface area contributed by atoms with Gasteiger partial charge in [-0.25, -0.2) is 12.7 Å². The molecule has 0 spiro atoms. The largest absolute Gasteiger partial charge is 0.480 e. The summed E-state index contributed by atoms with van der Waals surface area (Å²) >= 11 is 0. The van der Waals surface area contributed by atoms with Gasteiger partial charge in [0, 0.05) is 13.1 Å². The summed E-state index contributed by atoms with van der Waals surface area (Å²) in [7, 11) is -3.69. The van der Waals surface area contributed by atoms with Crippen molar-refractivity contribution in [1.29, 1.82) is 0 Å². The van der Waals surface area contributed by atoms with E-state index in [4.69, 9.17) is 0 Å². The van der Waals surface area contributed by atoms with E-state index in [1.807, 2.05) is 0 Å². The number of carbonyl (C=O) groups is 1. The molecule has 2 fully saturated rings. The zero-order valence-corrected chi connectivity index (χ0v) is 10.7. The molecule has 2 rings (SSSR count). The number of hydrogen-bond acceptors (Lipinski definition) is 3. The molecule has 1 N–H and O–H groups in total. The van der Waals surface area contributed by atoms with Crippen LogP contribution in [-0.4, -0.2) is 41.6 Å². The Morgan fingerprint density at radius 3 is 2.00 bits per heavy atom. The quantitative estimate of drug-likeness (QED) is 0.828. The van der Waals surface area contributed by atoms with Gasteiger partial charge in [-0.1, -0.05) is 19.3 Å². The van der Waals surface area contributed by atoms with E-state index in [-0.39, 0.29) is 12.8 Å². The molecule has 0 unspecified atom stereocenters. The smallest absolute Gasteiger partial charge is 0.326 e. The summed E-state index contributed by atoms with van der Waals surface area (Å²) in [6.07, 6.45) is 4.64. The molecule has 0 aromatic carbocycles. The number of piperidine rings is 1. The Balaban J connectivity index is 2.31. The Kier molecular flexibility index (Phi) is 3.45. The van der Waals surface area contributed by atoms with Crippen molar-refractivity contribution in [2.45, 2.75) is 49.7 Å². The highest BCUT2D eigenvalue weighted by atomic mass is 32.2. The Morgan fingerprint density at radius 2 is 1.53 bits per heavy atom. The molecule has 17 heavy (non-hydrogen) atoms. The predicted octanol–water partition coefficient (Wildman–Crippen LogP) is 1.20. The zero-order valence-electron chi connectivity index (χ0n) is 9.89. The van der Waals surface area contributed by atoms with Crippen LogP contribution in [0.4, 0.5) is 0 Å². The highest BCUT2D eigenvalue weighted by Gasteiger charge is 2.55. The molecule has 1 heterocycles. The molecule has 0 aromatic rings. The number of carboxylic acid groups (broad SMARTS) is 1. The van der Waals surface area contributed by atoms with E-state index in [0.29, 0.717) is 25.9 Å². The Hall–Kier alpha value is -0.620. The van der Waals surface area contributed by atoms with Gasteiger partial charge < -0.3 is 5.11 Å². The van der Waals surface area contributed by atoms with Gasteiger partial charge in [0.1, 0.15) is 0 Å². The standard InChI is InChI=1S/C11H19NO4S/c13-10(14)11(6-2-3-7-11)17(15,16)12-8-4-1-5-9-12/h1-9H2,(H,13,14). The molecule has 1 saturated carbocycles. The lowest BCUT2D eigenvalue weighted by Gasteiger charge is -2.33. The van der Waals surface area contributed by atoms with Crippen molar-refractivity contribution in [1.82, 2.24) is 4.31 Å². The minimum atomic E-state index is -3.69. The van der Waals surface area contributed by atoms with Gasteiger partial charge in [0.15, 0.2) is 4.75 Å². The lowest BCUT2D eigenvalue weighted by atomic mass is 10.1. The average molecular weight is 261 g/mol. The van der Waals surface area contributed by atoms with E-state index >= 15 is 0 Å². The Bertz CT molecular complexity index is 392. The number of nitrogens with zero attached hydrogens (tertiary/aromatic N) is 1. The molecule has 1 aliphatic carbocycles. The maximum absolute atomic E-state index is 12.5. The maximum Gasteiger partial charge on any atom is 0.326 e. The number of sulfonamides is 1. The summed E-state index contributed by atoms with van der Waals surface area (Å²) in [6, 6.07) is 0. The molecule has 6 heteroatoms. The third kappa shape index (κ3) is 1.97. The van der Waals surface area contributed by atoms with E-state index in [2.05, 4.69) is 0 Å². The van der Waals surface area contributed by atoms with Crippen LogP contribution < -0.4 is 0 Å².